The Bertz CT molecular complexity index is 440. The number of nitrogens with zero attached hydrogens (tertiary/aromatic N) is 1. The summed E-state index contributed by atoms with van der Waals surface area (Å²) in [5, 5.41) is 6.59. The van der Waals surface area contributed by atoms with Crippen molar-refractivity contribution in [3.05, 3.63) is 30.3 Å². The highest BCUT2D eigenvalue weighted by Gasteiger charge is 2.29. The lowest BCUT2D eigenvalue weighted by molar-refractivity contribution is -0.117. The van der Waals surface area contributed by atoms with Crippen molar-refractivity contribution in [3.63, 3.8) is 0 Å². The number of fused-ring (bicyclic) bond motifs is 2. The fraction of sp³-hybridized carbons (Fsp3) is 0.533. The van der Waals surface area contributed by atoms with Crippen LogP contribution in [0.3, 0.4) is 0 Å². The highest BCUT2D eigenvalue weighted by atomic mass is 35.5. The Balaban J connectivity index is 0.00000147. The minimum atomic E-state index is 0. The predicted molar refractivity (Wildman–Crippen MR) is 83.3 cm³/mol. The van der Waals surface area contributed by atoms with Crippen LogP contribution in [0.1, 0.15) is 19.3 Å². The van der Waals surface area contributed by atoms with Gasteiger partial charge in [0.25, 0.3) is 0 Å². The summed E-state index contributed by atoms with van der Waals surface area (Å²) in [6.45, 7) is 2.52. The van der Waals surface area contributed by atoms with Crippen molar-refractivity contribution >= 4 is 24.0 Å². The summed E-state index contributed by atoms with van der Waals surface area (Å²) >= 11 is 0. The maximum atomic E-state index is 12.0. The Kier molecular flexibility index (Phi) is 5.40. The number of para-hydroxylation sites is 1. The minimum absolute atomic E-state index is 0. The lowest BCUT2D eigenvalue weighted by atomic mass is 10.1. The van der Waals surface area contributed by atoms with Gasteiger partial charge in [0.05, 0.1) is 6.54 Å². The van der Waals surface area contributed by atoms with Gasteiger partial charge in [0.2, 0.25) is 5.91 Å². The van der Waals surface area contributed by atoms with E-state index in [2.05, 4.69) is 15.5 Å². The van der Waals surface area contributed by atoms with Crippen molar-refractivity contribution in [2.75, 3.05) is 25.0 Å². The fourth-order valence-electron chi connectivity index (χ4n) is 3.08. The zero-order valence-corrected chi connectivity index (χ0v) is 12.4. The van der Waals surface area contributed by atoms with E-state index in [4.69, 9.17) is 0 Å². The molecule has 2 atom stereocenters. The molecule has 110 valence electrons. The summed E-state index contributed by atoms with van der Waals surface area (Å²) in [5.41, 5.74) is 0.877. The third kappa shape index (κ3) is 3.95. The van der Waals surface area contributed by atoms with E-state index in [1.54, 1.807) is 0 Å². The second-order valence-corrected chi connectivity index (χ2v) is 5.58. The summed E-state index contributed by atoms with van der Waals surface area (Å²) in [7, 11) is 0. The van der Waals surface area contributed by atoms with Crippen molar-refractivity contribution < 1.29 is 4.79 Å². The van der Waals surface area contributed by atoms with Gasteiger partial charge >= 0.3 is 0 Å². The first-order valence-electron chi connectivity index (χ1n) is 7.13. The number of hydrogen-bond acceptors (Lipinski definition) is 3. The van der Waals surface area contributed by atoms with Gasteiger partial charge in [0.1, 0.15) is 0 Å². The third-order valence-electron chi connectivity index (χ3n) is 4.03. The molecule has 2 unspecified atom stereocenters. The third-order valence-corrected chi connectivity index (χ3v) is 4.03. The van der Waals surface area contributed by atoms with Crippen LogP contribution in [0.5, 0.6) is 0 Å². The second kappa shape index (κ2) is 7.07. The van der Waals surface area contributed by atoms with Crippen LogP contribution >= 0.6 is 12.4 Å². The molecule has 2 heterocycles. The first-order valence-corrected chi connectivity index (χ1v) is 7.13. The molecule has 0 aromatic heterocycles. The smallest absolute Gasteiger partial charge is 0.238 e. The Morgan fingerprint density at radius 3 is 2.75 bits per heavy atom. The topological polar surface area (TPSA) is 44.4 Å². The molecule has 4 nitrogen and oxygen atoms in total. The van der Waals surface area contributed by atoms with E-state index < -0.39 is 0 Å². The normalized spacial score (nSPS) is 25.6. The molecule has 1 aromatic carbocycles. The number of carbonyl (C=O) groups excluding carboxylic acids is 1. The van der Waals surface area contributed by atoms with Crippen LogP contribution in [0.15, 0.2) is 30.3 Å². The number of likely N-dealkylation sites (tertiary alicyclic amines) is 1. The fourth-order valence-corrected chi connectivity index (χ4v) is 3.08. The van der Waals surface area contributed by atoms with Gasteiger partial charge in [-0.3, -0.25) is 9.69 Å². The summed E-state index contributed by atoms with van der Waals surface area (Å²) in [5.74, 6) is 0.0870. The Hall–Kier alpha value is -1.10. The zero-order valence-electron chi connectivity index (χ0n) is 11.5. The lowest BCUT2D eigenvalue weighted by Gasteiger charge is -2.23. The molecule has 1 aromatic rings. The van der Waals surface area contributed by atoms with Gasteiger partial charge in [0.15, 0.2) is 0 Å². The summed E-state index contributed by atoms with van der Waals surface area (Å²) in [6, 6.07) is 10.9. The molecule has 5 heteroatoms. The van der Waals surface area contributed by atoms with Crippen LogP contribution in [-0.2, 0) is 4.79 Å². The van der Waals surface area contributed by atoms with E-state index >= 15 is 0 Å². The maximum Gasteiger partial charge on any atom is 0.238 e. The summed E-state index contributed by atoms with van der Waals surface area (Å²) in [6.07, 6.45) is 3.71. The quantitative estimate of drug-likeness (QED) is 0.895. The van der Waals surface area contributed by atoms with Crippen molar-refractivity contribution in [2.45, 2.75) is 31.3 Å². The van der Waals surface area contributed by atoms with Crippen molar-refractivity contribution in [1.82, 2.24) is 10.2 Å². The molecule has 20 heavy (non-hydrogen) atoms. The molecule has 3 rings (SSSR count). The number of hydrogen-bond donors (Lipinski definition) is 2. The molecule has 2 aliphatic heterocycles. The molecular formula is C15H22ClN3O. The van der Waals surface area contributed by atoms with E-state index in [-0.39, 0.29) is 18.3 Å². The van der Waals surface area contributed by atoms with Gasteiger partial charge in [-0.15, -0.1) is 12.4 Å². The molecule has 0 radical (unpaired) electrons. The zero-order chi connectivity index (χ0) is 13.1. The number of amides is 1. The van der Waals surface area contributed by atoms with Crippen molar-refractivity contribution in [3.8, 4) is 0 Å². The Morgan fingerprint density at radius 1 is 1.20 bits per heavy atom. The number of rotatable bonds is 3. The largest absolute Gasteiger partial charge is 0.325 e. The molecule has 0 spiro atoms. The molecule has 2 N–H and O–H groups in total. The van der Waals surface area contributed by atoms with Crippen LogP contribution in [0.4, 0.5) is 5.69 Å². The number of carbonyl (C=O) groups is 1. The summed E-state index contributed by atoms with van der Waals surface area (Å²) < 4.78 is 0. The van der Waals surface area contributed by atoms with Gasteiger partial charge in [0, 0.05) is 30.9 Å². The van der Waals surface area contributed by atoms with Gasteiger partial charge in [-0.2, -0.15) is 0 Å². The van der Waals surface area contributed by atoms with Gasteiger partial charge in [-0.1, -0.05) is 18.2 Å². The van der Waals surface area contributed by atoms with E-state index in [0.717, 1.165) is 25.2 Å². The standard InChI is InChI=1S/C15H21N3O.ClH/c19-15(17-12-4-2-1-3-5-12)11-18-9-8-13-6-7-14(10-18)16-13;/h1-5,13-14,16H,6-11H2,(H,17,19);1H. The van der Waals surface area contributed by atoms with E-state index in [0.29, 0.717) is 18.6 Å². The number of halogens is 1. The molecule has 2 saturated heterocycles. The molecule has 2 fully saturated rings. The lowest BCUT2D eigenvalue weighted by Crippen LogP contribution is -2.39. The average molecular weight is 296 g/mol. The molecule has 2 bridgehead atoms. The predicted octanol–water partition coefficient (Wildman–Crippen LogP) is 1.87. The Morgan fingerprint density at radius 2 is 1.95 bits per heavy atom. The molecular weight excluding hydrogens is 274 g/mol. The number of benzene rings is 1. The minimum Gasteiger partial charge on any atom is -0.325 e. The molecule has 2 aliphatic rings. The van der Waals surface area contributed by atoms with Gasteiger partial charge < -0.3 is 10.6 Å². The van der Waals surface area contributed by atoms with Crippen molar-refractivity contribution in [2.24, 2.45) is 0 Å². The van der Waals surface area contributed by atoms with E-state index in [1.807, 2.05) is 30.3 Å². The highest BCUT2D eigenvalue weighted by molar-refractivity contribution is 5.92. The molecule has 1 amide bonds. The number of anilines is 1. The average Bonchev–Trinajstić information content (AvgIpc) is 2.74. The maximum absolute atomic E-state index is 12.0. The highest BCUT2D eigenvalue weighted by Crippen LogP contribution is 2.20. The van der Waals surface area contributed by atoms with Crippen LogP contribution < -0.4 is 10.6 Å². The van der Waals surface area contributed by atoms with E-state index in [9.17, 15) is 4.79 Å². The molecule has 0 aliphatic carbocycles. The van der Waals surface area contributed by atoms with Crippen LogP contribution in [0, 0.1) is 0 Å². The first-order chi connectivity index (χ1) is 9.29. The van der Waals surface area contributed by atoms with Crippen LogP contribution in [-0.4, -0.2) is 42.5 Å². The van der Waals surface area contributed by atoms with Gasteiger partial charge in [-0.05, 0) is 31.4 Å². The van der Waals surface area contributed by atoms with E-state index in [1.165, 1.54) is 12.8 Å². The monoisotopic (exact) mass is 295 g/mol. The number of nitrogens with one attached hydrogen (secondary N) is 2. The Labute approximate surface area is 126 Å². The van der Waals surface area contributed by atoms with Gasteiger partial charge in [-0.25, -0.2) is 0 Å². The SMILES string of the molecule is Cl.O=C(CN1CCC2CCC(C1)N2)Nc1ccccc1. The first kappa shape index (κ1) is 15.3. The molecule has 0 saturated carbocycles. The van der Waals surface area contributed by atoms with Crippen LogP contribution in [0.25, 0.3) is 0 Å². The van der Waals surface area contributed by atoms with Crippen molar-refractivity contribution in [1.29, 1.82) is 0 Å². The van der Waals surface area contributed by atoms with Crippen LogP contribution in [0.2, 0.25) is 0 Å². The summed E-state index contributed by atoms with van der Waals surface area (Å²) in [4.78, 5) is 14.3. The second-order valence-electron chi connectivity index (χ2n) is 5.58.